The Bertz CT molecular complexity index is 981. The van der Waals surface area contributed by atoms with Crippen LogP contribution in [0.4, 0.5) is 0 Å². The maximum absolute atomic E-state index is 12.6. The quantitative estimate of drug-likeness (QED) is 0.448. The molecule has 2 aliphatic rings. The number of carbonyl (C=O) groups excluding carboxylic acids is 1. The molecule has 6 heteroatoms. The van der Waals surface area contributed by atoms with E-state index in [1.54, 1.807) is 24.3 Å². The summed E-state index contributed by atoms with van der Waals surface area (Å²) in [6, 6.07) is 18.6. The average Bonchev–Trinajstić information content (AvgIpc) is 3.50. The molecule has 4 rings (SSSR count). The van der Waals surface area contributed by atoms with Crippen LogP contribution in [0.2, 0.25) is 0 Å². The van der Waals surface area contributed by atoms with Crippen LogP contribution in [0.5, 0.6) is 11.5 Å². The number of benzene rings is 2. The van der Waals surface area contributed by atoms with Crippen LogP contribution in [-0.4, -0.2) is 5.97 Å². The molecule has 2 aliphatic carbocycles. The van der Waals surface area contributed by atoms with Gasteiger partial charge in [-0.1, -0.05) is 43.3 Å². The zero-order chi connectivity index (χ0) is 19.9. The number of nitriles is 1. The molecule has 0 bridgehead atoms. The van der Waals surface area contributed by atoms with Crippen LogP contribution >= 0.6 is 31.9 Å². The minimum Gasteiger partial charge on any atom is -0.457 e. The van der Waals surface area contributed by atoms with Crippen molar-refractivity contribution in [3.8, 4) is 17.6 Å². The maximum Gasteiger partial charge on any atom is 0.311 e. The fourth-order valence-electron chi connectivity index (χ4n) is 4.01. The zero-order valence-electron chi connectivity index (χ0n) is 15.0. The molecule has 0 saturated heterocycles. The lowest BCUT2D eigenvalue weighted by molar-refractivity contribution is -0.151. The number of fused-ring (bicyclic) bond motifs is 1. The van der Waals surface area contributed by atoms with Gasteiger partial charge in [0.2, 0.25) is 6.10 Å². The van der Waals surface area contributed by atoms with Gasteiger partial charge in [-0.3, -0.25) is 4.79 Å². The van der Waals surface area contributed by atoms with Crippen molar-refractivity contribution < 1.29 is 14.3 Å². The van der Waals surface area contributed by atoms with E-state index in [1.165, 1.54) is 0 Å². The summed E-state index contributed by atoms with van der Waals surface area (Å²) < 4.78 is 12.2. The zero-order valence-corrected chi connectivity index (χ0v) is 18.2. The van der Waals surface area contributed by atoms with Gasteiger partial charge in [-0.05, 0) is 73.4 Å². The van der Waals surface area contributed by atoms with E-state index in [4.69, 9.17) is 9.47 Å². The topological polar surface area (TPSA) is 59.3 Å². The molecule has 2 aromatic rings. The minimum atomic E-state index is -0.952. The number of carbonyl (C=O) groups is 1. The second-order valence-electron chi connectivity index (χ2n) is 7.29. The lowest BCUT2D eigenvalue weighted by atomic mass is 9.97. The van der Waals surface area contributed by atoms with Crippen molar-refractivity contribution in [3.05, 3.63) is 69.6 Å². The lowest BCUT2D eigenvalue weighted by Gasteiger charge is -2.17. The van der Waals surface area contributed by atoms with Gasteiger partial charge in [0.15, 0.2) is 0 Å². The molecule has 0 radical (unpaired) electrons. The van der Waals surface area contributed by atoms with Crippen LogP contribution in [0.1, 0.15) is 18.6 Å². The summed E-state index contributed by atoms with van der Waals surface area (Å²) in [5, 5.41) is 9.53. The number of hydrogen-bond acceptors (Lipinski definition) is 4. The van der Waals surface area contributed by atoms with E-state index in [2.05, 4.69) is 50.9 Å². The third kappa shape index (κ3) is 3.49. The van der Waals surface area contributed by atoms with Crippen molar-refractivity contribution in [3.63, 3.8) is 0 Å². The van der Waals surface area contributed by atoms with Crippen LogP contribution in [0.15, 0.2) is 64.1 Å². The number of esters is 1. The van der Waals surface area contributed by atoms with E-state index in [9.17, 15) is 10.1 Å². The highest BCUT2D eigenvalue weighted by molar-refractivity contribution is 9.28. The molecule has 142 valence electrons. The van der Waals surface area contributed by atoms with Crippen LogP contribution < -0.4 is 4.74 Å². The number of nitrogens with zero attached hydrogens (tertiary/aromatic N) is 1. The van der Waals surface area contributed by atoms with Crippen molar-refractivity contribution in [2.24, 2.45) is 23.2 Å². The monoisotopic (exact) mass is 501 g/mol. The van der Waals surface area contributed by atoms with Gasteiger partial charge in [-0.2, -0.15) is 5.26 Å². The molecule has 0 spiro atoms. The Labute approximate surface area is 180 Å². The molecule has 0 aromatic heterocycles. The first-order valence-corrected chi connectivity index (χ1v) is 10.5. The Kier molecular flexibility index (Phi) is 5.07. The van der Waals surface area contributed by atoms with Crippen LogP contribution in [0, 0.1) is 34.5 Å². The van der Waals surface area contributed by atoms with E-state index < -0.39 is 6.10 Å². The van der Waals surface area contributed by atoms with Gasteiger partial charge in [0.05, 0.1) is 9.31 Å². The Hall–Kier alpha value is -2.10. The molecule has 2 aromatic carbocycles. The van der Waals surface area contributed by atoms with Crippen LogP contribution in [0.25, 0.3) is 0 Å². The van der Waals surface area contributed by atoms with Gasteiger partial charge < -0.3 is 9.47 Å². The number of halogens is 2. The molecular formula is C22H17Br2NO3. The van der Waals surface area contributed by atoms with Gasteiger partial charge >= 0.3 is 5.97 Å². The highest BCUT2D eigenvalue weighted by Crippen LogP contribution is 2.84. The first-order valence-electron chi connectivity index (χ1n) is 8.91. The van der Waals surface area contributed by atoms with Gasteiger partial charge in [-0.15, -0.1) is 0 Å². The minimum absolute atomic E-state index is 0.0395. The molecule has 0 N–H and O–H groups in total. The van der Waals surface area contributed by atoms with Gasteiger partial charge in [-0.25, -0.2) is 0 Å². The third-order valence-corrected chi connectivity index (χ3v) is 6.21. The molecule has 28 heavy (non-hydrogen) atoms. The van der Waals surface area contributed by atoms with Crippen molar-refractivity contribution in [2.45, 2.75) is 13.0 Å². The Morgan fingerprint density at radius 1 is 1.18 bits per heavy atom. The predicted octanol–water partition coefficient (Wildman–Crippen LogP) is 6.10. The van der Waals surface area contributed by atoms with Crippen molar-refractivity contribution in [2.75, 3.05) is 0 Å². The highest BCUT2D eigenvalue weighted by atomic mass is 79.9. The fraction of sp³-hybridized carbons (Fsp3) is 0.273. The molecule has 4 unspecified atom stereocenters. The van der Waals surface area contributed by atoms with Crippen molar-refractivity contribution >= 4 is 37.8 Å². The second kappa shape index (κ2) is 7.38. The normalized spacial score (nSPS) is 27.6. The summed E-state index contributed by atoms with van der Waals surface area (Å²) in [4.78, 5) is 12.6. The van der Waals surface area contributed by atoms with Gasteiger partial charge in [0.1, 0.15) is 17.6 Å². The molecule has 0 heterocycles. The molecule has 0 aliphatic heterocycles. The van der Waals surface area contributed by atoms with Gasteiger partial charge in [0.25, 0.3) is 0 Å². The molecule has 5 atom stereocenters. The molecule has 0 amide bonds. The molecule has 4 nitrogen and oxygen atoms in total. The first kappa shape index (κ1) is 19.2. The summed E-state index contributed by atoms with van der Waals surface area (Å²) >= 11 is 6.73. The number of allylic oxidation sites excluding steroid dienone is 1. The number of hydrogen-bond donors (Lipinski definition) is 0. The summed E-state index contributed by atoms with van der Waals surface area (Å²) in [7, 11) is 0. The van der Waals surface area contributed by atoms with Crippen LogP contribution in [0.3, 0.4) is 0 Å². The van der Waals surface area contributed by atoms with E-state index in [0.717, 1.165) is 3.39 Å². The van der Waals surface area contributed by atoms with E-state index in [0.29, 0.717) is 28.9 Å². The molecule has 2 fully saturated rings. The van der Waals surface area contributed by atoms with E-state index in [1.807, 2.05) is 30.3 Å². The lowest BCUT2D eigenvalue weighted by Crippen LogP contribution is -2.20. The van der Waals surface area contributed by atoms with Crippen LogP contribution in [-0.2, 0) is 9.53 Å². The number of ether oxygens (including phenoxy) is 2. The molecule has 2 saturated carbocycles. The summed E-state index contributed by atoms with van der Waals surface area (Å²) in [5.74, 6) is 1.54. The average molecular weight is 503 g/mol. The van der Waals surface area contributed by atoms with Gasteiger partial charge in [0, 0.05) is 5.56 Å². The largest absolute Gasteiger partial charge is 0.457 e. The Morgan fingerprint density at radius 3 is 2.50 bits per heavy atom. The van der Waals surface area contributed by atoms with Crippen molar-refractivity contribution in [1.29, 1.82) is 5.26 Å². The van der Waals surface area contributed by atoms with E-state index >= 15 is 0 Å². The summed E-state index contributed by atoms with van der Waals surface area (Å²) in [6.45, 7) is 2.09. The maximum atomic E-state index is 12.6. The smallest absolute Gasteiger partial charge is 0.311 e. The summed E-state index contributed by atoms with van der Waals surface area (Å²) in [6.07, 6.45) is 1.12. The van der Waals surface area contributed by atoms with E-state index in [-0.39, 0.29) is 17.3 Å². The Balaban J connectivity index is 1.41. The first-order chi connectivity index (χ1) is 13.4. The third-order valence-electron chi connectivity index (χ3n) is 5.68. The standard InChI is InChI=1S/C22H17Br2NO3/c1-22-16(11-18(23)24)19(22)20(22)21(26)28-17(12-25)13-6-5-9-15(10-13)27-14-7-3-2-4-8-14/h2-11,16-17,19-20H,1H3/t16?,17-,19?,20?,22?/m1/s1. The summed E-state index contributed by atoms with van der Waals surface area (Å²) in [5.41, 5.74) is 0.561. The number of para-hydroxylation sites is 1. The second-order valence-corrected chi connectivity index (χ2v) is 10.1. The SMILES string of the molecule is CC12C(C=C(Br)Br)C1C2C(=O)O[C@H](C#N)c1cccc(Oc2ccccc2)c1. The Morgan fingerprint density at radius 2 is 1.86 bits per heavy atom. The molecular weight excluding hydrogens is 486 g/mol. The predicted molar refractivity (Wildman–Crippen MR) is 112 cm³/mol. The van der Waals surface area contributed by atoms with Crippen molar-refractivity contribution in [1.82, 2.24) is 0 Å². The highest BCUT2D eigenvalue weighted by Gasteiger charge is 2.85. The number of rotatable bonds is 6. The fourth-order valence-corrected chi connectivity index (χ4v) is 4.58.